The molecule has 21 heavy (non-hydrogen) atoms. The molecule has 1 saturated carbocycles. The van der Waals surface area contributed by atoms with Crippen molar-refractivity contribution in [2.75, 3.05) is 13.2 Å². The summed E-state index contributed by atoms with van der Waals surface area (Å²) >= 11 is 1.61. The molecule has 0 radical (unpaired) electrons. The monoisotopic (exact) mass is 330 g/mol. The van der Waals surface area contributed by atoms with E-state index in [4.69, 9.17) is 4.74 Å². The molecule has 1 aromatic rings. The fraction of sp³-hybridized carbons (Fsp3) is 0.714. The lowest BCUT2D eigenvalue weighted by atomic mass is 10.2. The maximum atomic E-state index is 13.0. The van der Waals surface area contributed by atoms with Crippen LogP contribution in [-0.4, -0.2) is 48.4 Å². The van der Waals surface area contributed by atoms with E-state index in [-0.39, 0.29) is 18.2 Å². The fourth-order valence-electron chi connectivity index (χ4n) is 2.65. The lowest BCUT2D eigenvalue weighted by Crippen LogP contribution is -2.55. The van der Waals surface area contributed by atoms with Gasteiger partial charge in [-0.3, -0.25) is 0 Å². The summed E-state index contributed by atoms with van der Waals surface area (Å²) in [6.45, 7) is 5.23. The number of morpholine rings is 1. The van der Waals surface area contributed by atoms with Crippen LogP contribution in [0.1, 0.15) is 32.3 Å². The minimum absolute atomic E-state index is 0.0434. The van der Waals surface area contributed by atoms with Gasteiger partial charge in [-0.15, -0.1) is 0 Å². The molecule has 1 aromatic heterocycles. The molecule has 0 bridgehead atoms. The average Bonchev–Trinajstić information content (AvgIpc) is 3.14. The van der Waals surface area contributed by atoms with Crippen LogP contribution in [-0.2, 0) is 21.5 Å². The molecular weight excluding hydrogens is 308 g/mol. The van der Waals surface area contributed by atoms with E-state index in [9.17, 15) is 8.42 Å². The van der Waals surface area contributed by atoms with Gasteiger partial charge in [-0.05, 0) is 49.1 Å². The van der Waals surface area contributed by atoms with Gasteiger partial charge in [0.15, 0.2) is 0 Å². The van der Waals surface area contributed by atoms with Crippen LogP contribution in [0.3, 0.4) is 0 Å². The van der Waals surface area contributed by atoms with E-state index in [1.165, 1.54) is 0 Å². The second kappa shape index (κ2) is 5.96. The van der Waals surface area contributed by atoms with Crippen molar-refractivity contribution >= 4 is 21.5 Å². The van der Waals surface area contributed by atoms with Crippen molar-refractivity contribution in [1.82, 2.24) is 8.61 Å². The molecule has 0 amide bonds. The quantitative estimate of drug-likeness (QED) is 0.830. The van der Waals surface area contributed by atoms with E-state index < -0.39 is 10.2 Å². The first-order valence-electron chi connectivity index (χ1n) is 7.40. The number of ether oxygens (including phenoxy) is 1. The van der Waals surface area contributed by atoms with E-state index >= 15 is 0 Å². The normalized spacial score (nSPS) is 28.1. The summed E-state index contributed by atoms with van der Waals surface area (Å²) in [4.78, 5) is 0. The molecule has 1 aliphatic heterocycles. The number of hydrogen-bond donors (Lipinski definition) is 0. The lowest BCUT2D eigenvalue weighted by Gasteiger charge is -2.38. The van der Waals surface area contributed by atoms with Crippen LogP contribution >= 0.6 is 11.3 Å². The van der Waals surface area contributed by atoms with E-state index in [0.717, 1.165) is 18.4 Å². The van der Waals surface area contributed by atoms with Crippen LogP contribution in [0.4, 0.5) is 0 Å². The van der Waals surface area contributed by atoms with E-state index in [1.807, 2.05) is 30.7 Å². The highest BCUT2D eigenvalue weighted by Gasteiger charge is 2.43. The Morgan fingerprint density at radius 1 is 1.43 bits per heavy atom. The minimum Gasteiger partial charge on any atom is -0.375 e. The van der Waals surface area contributed by atoms with Crippen LogP contribution in [0.15, 0.2) is 16.8 Å². The molecule has 1 saturated heterocycles. The molecule has 0 spiro atoms. The highest BCUT2D eigenvalue weighted by Crippen LogP contribution is 2.33. The second-order valence-electron chi connectivity index (χ2n) is 5.98. The Bertz CT molecular complexity index is 569. The molecule has 7 heteroatoms. The SMILES string of the molecule is C[C@@H]1CN(S(=O)(=O)N(Cc2ccsc2)C2CC2)[C@@H](C)CO1. The summed E-state index contributed by atoms with van der Waals surface area (Å²) < 4.78 is 35.0. The molecule has 0 N–H and O–H groups in total. The van der Waals surface area contributed by atoms with Gasteiger partial charge in [0.25, 0.3) is 10.2 Å². The van der Waals surface area contributed by atoms with Crippen LogP contribution in [0, 0.1) is 0 Å². The molecule has 5 nitrogen and oxygen atoms in total. The standard InChI is InChI=1S/C14H22N2O3S2/c1-11-9-19-12(2)7-15(11)21(17,18)16(14-3-4-14)8-13-5-6-20-10-13/h5-6,10-12,14H,3-4,7-9H2,1-2H3/t11-,12+/m0/s1. The number of hydrogen-bond acceptors (Lipinski definition) is 4. The van der Waals surface area contributed by atoms with Gasteiger partial charge in [-0.2, -0.15) is 28.4 Å². The maximum Gasteiger partial charge on any atom is 0.282 e. The largest absolute Gasteiger partial charge is 0.375 e. The van der Waals surface area contributed by atoms with E-state index in [0.29, 0.717) is 19.7 Å². The van der Waals surface area contributed by atoms with Crippen molar-refractivity contribution in [2.24, 2.45) is 0 Å². The Labute approximate surface area is 130 Å². The van der Waals surface area contributed by atoms with Crippen molar-refractivity contribution in [3.63, 3.8) is 0 Å². The minimum atomic E-state index is -3.43. The molecule has 1 aliphatic carbocycles. The summed E-state index contributed by atoms with van der Waals surface area (Å²) in [5.41, 5.74) is 1.07. The van der Waals surface area contributed by atoms with Crippen molar-refractivity contribution in [3.8, 4) is 0 Å². The predicted molar refractivity (Wildman–Crippen MR) is 83.4 cm³/mol. The first-order chi connectivity index (χ1) is 9.98. The van der Waals surface area contributed by atoms with Crippen LogP contribution in [0.2, 0.25) is 0 Å². The summed E-state index contributed by atoms with van der Waals surface area (Å²) in [5.74, 6) is 0. The predicted octanol–water partition coefficient (Wildman–Crippen LogP) is 2.07. The van der Waals surface area contributed by atoms with Gasteiger partial charge < -0.3 is 4.74 Å². The number of nitrogens with zero attached hydrogens (tertiary/aromatic N) is 2. The van der Waals surface area contributed by atoms with Gasteiger partial charge in [0.05, 0.1) is 12.7 Å². The maximum absolute atomic E-state index is 13.0. The molecule has 118 valence electrons. The molecule has 0 aromatic carbocycles. The van der Waals surface area contributed by atoms with Gasteiger partial charge in [0.1, 0.15) is 0 Å². The van der Waals surface area contributed by atoms with Crippen molar-refractivity contribution < 1.29 is 13.2 Å². The number of thiophene rings is 1. The van der Waals surface area contributed by atoms with Gasteiger partial charge in [0.2, 0.25) is 0 Å². The molecule has 2 fully saturated rings. The lowest BCUT2D eigenvalue weighted by molar-refractivity contribution is -0.0192. The van der Waals surface area contributed by atoms with Crippen LogP contribution in [0.25, 0.3) is 0 Å². The van der Waals surface area contributed by atoms with Crippen molar-refractivity contribution in [3.05, 3.63) is 22.4 Å². The Kier molecular flexibility index (Phi) is 4.38. The Morgan fingerprint density at radius 3 is 2.81 bits per heavy atom. The fourth-order valence-corrected chi connectivity index (χ4v) is 5.40. The summed E-state index contributed by atoms with van der Waals surface area (Å²) in [6, 6.07) is 2.07. The number of rotatable bonds is 5. The van der Waals surface area contributed by atoms with Crippen LogP contribution in [0.5, 0.6) is 0 Å². The Morgan fingerprint density at radius 2 is 2.19 bits per heavy atom. The van der Waals surface area contributed by atoms with Crippen molar-refractivity contribution in [2.45, 2.75) is 51.4 Å². The topological polar surface area (TPSA) is 49.9 Å². The summed E-state index contributed by atoms with van der Waals surface area (Å²) in [6.07, 6.45) is 1.90. The highest BCUT2D eigenvalue weighted by molar-refractivity contribution is 7.86. The van der Waals surface area contributed by atoms with Gasteiger partial charge in [-0.25, -0.2) is 0 Å². The summed E-state index contributed by atoms with van der Waals surface area (Å²) in [7, 11) is -3.43. The third-order valence-electron chi connectivity index (χ3n) is 4.02. The Hall–Kier alpha value is -0.470. The highest BCUT2D eigenvalue weighted by atomic mass is 32.2. The average molecular weight is 330 g/mol. The second-order valence-corrected chi connectivity index (χ2v) is 8.59. The molecule has 3 rings (SSSR count). The van der Waals surface area contributed by atoms with E-state index in [1.54, 1.807) is 19.9 Å². The van der Waals surface area contributed by atoms with Gasteiger partial charge in [0, 0.05) is 25.2 Å². The molecule has 0 unspecified atom stereocenters. The Balaban J connectivity index is 1.83. The summed E-state index contributed by atoms with van der Waals surface area (Å²) in [5, 5.41) is 4.02. The molecule has 2 heterocycles. The zero-order valence-electron chi connectivity index (χ0n) is 12.4. The van der Waals surface area contributed by atoms with Crippen molar-refractivity contribution in [1.29, 1.82) is 0 Å². The molecule has 2 aliphatic rings. The van der Waals surface area contributed by atoms with E-state index in [2.05, 4.69) is 0 Å². The molecule has 2 atom stereocenters. The van der Waals surface area contributed by atoms with Crippen LogP contribution < -0.4 is 0 Å². The third-order valence-corrected chi connectivity index (χ3v) is 6.87. The smallest absolute Gasteiger partial charge is 0.282 e. The van der Waals surface area contributed by atoms with Gasteiger partial charge in [-0.1, -0.05) is 0 Å². The van der Waals surface area contributed by atoms with Gasteiger partial charge >= 0.3 is 0 Å². The first-order valence-corrected chi connectivity index (χ1v) is 9.73. The zero-order valence-corrected chi connectivity index (χ0v) is 14.1. The molecular formula is C14H22N2O3S2. The zero-order chi connectivity index (χ0) is 15.0. The first kappa shape index (κ1) is 15.4. The third kappa shape index (κ3) is 3.32.